The van der Waals surface area contributed by atoms with Crippen molar-refractivity contribution in [2.75, 3.05) is 17.7 Å². The van der Waals surface area contributed by atoms with Gasteiger partial charge in [0.15, 0.2) is 0 Å². The van der Waals surface area contributed by atoms with E-state index in [2.05, 4.69) is 9.97 Å². The van der Waals surface area contributed by atoms with Crippen molar-refractivity contribution in [3.8, 4) is 0 Å². The molecule has 0 spiro atoms. The van der Waals surface area contributed by atoms with Crippen LogP contribution in [0.4, 0.5) is 17.3 Å². The number of aromatic nitrogens is 2. The molecule has 88 valence electrons. The largest absolute Gasteiger partial charge is 0.383 e. The first kappa shape index (κ1) is 11.4. The van der Waals surface area contributed by atoms with Gasteiger partial charge in [-0.05, 0) is 26.0 Å². The van der Waals surface area contributed by atoms with E-state index >= 15 is 0 Å². The highest BCUT2D eigenvalue weighted by atomic mass is 15.2. The zero-order valence-corrected chi connectivity index (χ0v) is 10.3. The standard InChI is InChI=1S/C13H16N4/c1-9-12(14)15-10(2)16-13(9)17(3)11-7-5-4-6-8-11/h4-8H,1-3H3,(H2,14,15,16). The van der Waals surface area contributed by atoms with Crippen LogP contribution in [-0.2, 0) is 0 Å². The highest BCUT2D eigenvalue weighted by Crippen LogP contribution is 2.26. The van der Waals surface area contributed by atoms with Crippen LogP contribution < -0.4 is 10.6 Å². The van der Waals surface area contributed by atoms with Gasteiger partial charge in [0, 0.05) is 18.3 Å². The number of hydrogen-bond donors (Lipinski definition) is 1. The Morgan fingerprint density at radius 2 is 1.71 bits per heavy atom. The first-order valence-corrected chi connectivity index (χ1v) is 5.49. The monoisotopic (exact) mass is 228 g/mol. The molecular formula is C13H16N4. The molecule has 17 heavy (non-hydrogen) atoms. The number of nitrogens with two attached hydrogens (primary N) is 1. The zero-order valence-electron chi connectivity index (χ0n) is 10.3. The van der Waals surface area contributed by atoms with Crippen LogP contribution in [0.25, 0.3) is 0 Å². The van der Waals surface area contributed by atoms with Crippen molar-refractivity contribution in [3.63, 3.8) is 0 Å². The Hall–Kier alpha value is -2.10. The van der Waals surface area contributed by atoms with E-state index in [1.807, 2.05) is 56.1 Å². The zero-order chi connectivity index (χ0) is 12.4. The van der Waals surface area contributed by atoms with Gasteiger partial charge in [-0.3, -0.25) is 0 Å². The molecule has 2 rings (SSSR count). The molecule has 2 N–H and O–H groups in total. The maximum atomic E-state index is 5.86. The third-order valence-electron chi connectivity index (χ3n) is 2.73. The fourth-order valence-corrected chi connectivity index (χ4v) is 1.74. The molecule has 0 saturated carbocycles. The van der Waals surface area contributed by atoms with E-state index in [1.54, 1.807) is 0 Å². The molecule has 0 amide bonds. The SMILES string of the molecule is Cc1nc(N)c(C)c(N(C)c2ccccc2)n1. The number of rotatable bonds is 2. The minimum atomic E-state index is 0.537. The highest BCUT2D eigenvalue weighted by Gasteiger charge is 2.12. The highest BCUT2D eigenvalue weighted by molar-refractivity contribution is 5.65. The molecule has 0 unspecified atom stereocenters. The summed E-state index contributed by atoms with van der Waals surface area (Å²) in [5.74, 6) is 2.07. The molecule has 1 aromatic carbocycles. The van der Waals surface area contributed by atoms with Crippen LogP contribution in [0, 0.1) is 13.8 Å². The second-order valence-corrected chi connectivity index (χ2v) is 4.00. The van der Waals surface area contributed by atoms with Gasteiger partial charge in [0.25, 0.3) is 0 Å². The van der Waals surface area contributed by atoms with Crippen molar-refractivity contribution in [1.29, 1.82) is 0 Å². The maximum absolute atomic E-state index is 5.86. The molecule has 0 bridgehead atoms. The number of para-hydroxylation sites is 1. The predicted octanol–water partition coefficient (Wildman–Crippen LogP) is 2.44. The number of aryl methyl sites for hydroxylation is 1. The summed E-state index contributed by atoms with van der Waals surface area (Å²) in [7, 11) is 1.98. The third-order valence-corrected chi connectivity index (χ3v) is 2.73. The van der Waals surface area contributed by atoms with Gasteiger partial charge in [-0.2, -0.15) is 0 Å². The van der Waals surface area contributed by atoms with Crippen molar-refractivity contribution in [2.24, 2.45) is 0 Å². The second-order valence-electron chi connectivity index (χ2n) is 4.00. The maximum Gasteiger partial charge on any atom is 0.141 e. The van der Waals surface area contributed by atoms with Crippen LogP contribution in [0.3, 0.4) is 0 Å². The number of benzene rings is 1. The summed E-state index contributed by atoms with van der Waals surface area (Å²) in [6.07, 6.45) is 0. The average molecular weight is 228 g/mol. The number of anilines is 3. The normalized spacial score (nSPS) is 10.3. The molecule has 1 heterocycles. The molecule has 0 atom stereocenters. The van der Waals surface area contributed by atoms with Crippen molar-refractivity contribution >= 4 is 17.3 Å². The molecule has 1 aromatic heterocycles. The summed E-state index contributed by atoms with van der Waals surface area (Å²) in [5.41, 5.74) is 7.84. The Bertz CT molecular complexity index is 522. The van der Waals surface area contributed by atoms with Gasteiger partial charge in [-0.1, -0.05) is 18.2 Å². The van der Waals surface area contributed by atoms with Crippen LogP contribution in [0.1, 0.15) is 11.4 Å². The molecule has 0 radical (unpaired) electrons. The van der Waals surface area contributed by atoms with Crippen LogP contribution in [0.15, 0.2) is 30.3 Å². The average Bonchev–Trinajstić information content (AvgIpc) is 2.34. The summed E-state index contributed by atoms with van der Waals surface area (Å²) in [5, 5.41) is 0. The van der Waals surface area contributed by atoms with Crippen LogP contribution in [-0.4, -0.2) is 17.0 Å². The lowest BCUT2D eigenvalue weighted by molar-refractivity contribution is 0.999. The van der Waals surface area contributed by atoms with E-state index in [4.69, 9.17) is 5.73 Å². The second kappa shape index (κ2) is 4.41. The van der Waals surface area contributed by atoms with Gasteiger partial charge < -0.3 is 10.6 Å². The summed E-state index contributed by atoms with van der Waals surface area (Å²) in [4.78, 5) is 10.6. The van der Waals surface area contributed by atoms with E-state index in [0.717, 1.165) is 17.1 Å². The molecule has 4 heteroatoms. The lowest BCUT2D eigenvalue weighted by Crippen LogP contribution is -2.15. The fraction of sp³-hybridized carbons (Fsp3) is 0.231. The smallest absolute Gasteiger partial charge is 0.141 e. The summed E-state index contributed by atoms with van der Waals surface area (Å²) in [6, 6.07) is 10.1. The summed E-state index contributed by atoms with van der Waals surface area (Å²) >= 11 is 0. The first-order chi connectivity index (χ1) is 8.09. The van der Waals surface area contributed by atoms with Crippen LogP contribution in [0.2, 0.25) is 0 Å². The fourth-order valence-electron chi connectivity index (χ4n) is 1.74. The molecule has 0 fully saturated rings. The Morgan fingerprint density at radius 3 is 2.35 bits per heavy atom. The molecular weight excluding hydrogens is 212 g/mol. The summed E-state index contributed by atoms with van der Waals surface area (Å²) < 4.78 is 0. The molecule has 0 aliphatic heterocycles. The molecule has 0 aliphatic carbocycles. The Morgan fingerprint density at radius 1 is 1.06 bits per heavy atom. The van der Waals surface area contributed by atoms with E-state index in [1.165, 1.54) is 0 Å². The van der Waals surface area contributed by atoms with E-state index < -0.39 is 0 Å². The van der Waals surface area contributed by atoms with Gasteiger partial charge >= 0.3 is 0 Å². The van der Waals surface area contributed by atoms with Gasteiger partial charge in [0.05, 0.1) is 0 Å². The number of nitrogens with zero attached hydrogens (tertiary/aromatic N) is 3. The van der Waals surface area contributed by atoms with Crippen molar-refractivity contribution < 1.29 is 0 Å². The molecule has 4 nitrogen and oxygen atoms in total. The topological polar surface area (TPSA) is 55.0 Å². The van der Waals surface area contributed by atoms with Crippen LogP contribution in [0.5, 0.6) is 0 Å². The lowest BCUT2D eigenvalue weighted by Gasteiger charge is -2.21. The van der Waals surface area contributed by atoms with Crippen LogP contribution >= 0.6 is 0 Å². The quantitative estimate of drug-likeness (QED) is 0.857. The van der Waals surface area contributed by atoms with Crippen molar-refractivity contribution in [3.05, 3.63) is 41.7 Å². The minimum Gasteiger partial charge on any atom is -0.383 e. The van der Waals surface area contributed by atoms with Crippen molar-refractivity contribution in [2.45, 2.75) is 13.8 Å². The van der Waals surface area contributed by atoms with E-state index in [0.29, 0.717) is 11.6 Å². The van der Waals surface area contributed by atoms with Gasteiger partial charge in [-0.15, -0.1) is 0 Å². The minimum absolute atomic E-state index is 0.537. The summed E-state index contributed by atoms with van der Waals surface area (Å²) in [6.45, 7) is 3.78. The van der Waals surface area contributed by atoms with E-state index in [-0.39, 0.29) is 0 Å². The Labute approximate surface area is 101 Å². The first-order valence-electron chi connectivity index (χ1n) is 5.49. The van der Waals surface area contributed by atoms with Gasteiger partial charge in [0.2, 0.25) is 0 Å². The Balaban J connectivity index is 2.48. The molecule has 0 saturated heterocycles. The van der Waals surface area contributed by atoms with Gasteiger partial charge in [0.1, 0.15) is 17.5 Å². The number of hydrogen-bond acceptors (Lipinski definition) is 4. The lowest BCUT2D eigenvalue weighted by atomic mass is 10.2. The Kier molecular flexibility index (Phi) is 2.95. The van der Waals surface area contributed by atoms with Crippen molar-refractivity contribution in [1.82, 2.24) is 9.97 Å². The molecule has 2 aromatic rings. The predicted molar refractivity (Wildman–Crippen MR) is 70.4 cm³/mol. The number of nitrogen functional groups attached to an aromatic ring is 1. The third kappa shape index (κ3) is 2.20. The van der Waals surface area contributed by atoms with Gasteiger partial charge in [-0.25, -0.2) is 9.97 Å². The molecule has 0 aliphatic rings. The van der Waals surface area contributed by atoms with E-state index in [9.17, 15) is 0 Å².